The number of carbonyl (C=O) groups is 1. The Morgan fingerprint density at radius 1 is 1.18 bits per heavy atom. The van der Waals surface area contributed by atoms with Gasteiger partial charge >= 0.3 is 6.03 Å². The SMILES string of the molecule is CCN(C)C(=O)N(c1ccnc(-c2ccncc2)n1)C(C)C. The van der Waals surface area contributed by atoms with E-state index in [0.717, 1.165) is 5.56 Å². The average molecular weight is 299 g/mol. The number of anilines is 1. The quantitative estimate of drug-likeness (QED) is 0.871. The molecule has 2 aromatic heterocycles. The van der Waals surface area contributed by atoms with Crippen LogP contribution in [0.15, 0.2) is 36.8 Å². The predicted molar refractivity (Wildman–Crippen MR) is 86.6 cm³/mol. The molecule has 22 heavy (non-hydrogen) atoms. The van der Waals surface area contributed by atoms with Crippen molar-refractivity contribution in [1.29, 1.82) is 0 Å². The van der Waals surface area contributed by atoms with Crippen molar-refractivity contribution in [3.05, 3.63) is 36.8 Å². The van der Waals surface area contributed by atoms with Gasteiger partial charge in [0.05, 0.1) is 0 Å². The third kappa shape index (κ3) is 3.39. The lowest BCUT2D eigenvalue weighted by molar-refractivity contribution is 0.216. The van der Waals surface area contributed by atoms with Crippen molar-refractivity contribution in [1.82, 2.24) is 19.9 Å². The zero-order chi connectivity index (χ0) is 16.1. The van der Waals surface area contributed by atoms with Crippen molar-refractivity contribution in [3.8, 4) is 11.4 Å². The molecule has 0 aliphatic carbocycles. The third-order valence-electron chi connectivity index (χ3n) is 3.35. The molecule has 0 unspecified atom stereocenters. The topological polar surface area (TPSA) is 62.2 Å². The Bertz CT molecular complexity index is 629. The van der Waals surface area contributed by atoms with E-state index in [9.17, 15) is 4.79 Å². The van der Waals surface area contributed by atoms with Crippen molar-refractivity contribution < 1.29 is 4.79 Å². The van der Waals surface area contributed by atoms with E-state index in [1.807, 2.05) is 32.9 Å². The van der Waals surface area contributed by atoms with E-state index in [1.54, 1.807) is 41.5 Å². The lowest BCUT2D eigenvalue weighted by Gasteiger charge is -2.30. The molecule has 6 heteroatoms. The first-order chi connectivity index (χ1) is 10.5. The molecular weight excluding hydrogens is 278 g/mol. The molecule has 0 fully saturated rings. The van der Waals surface area contributed by atoms with Crippen LogP contribution < -0.4 is 4.90 Å². The van der Waals surface area contributed by atoms with E-state index >= 15 is 0 Å². The fraction of sp³-hybridized carbons (Fsp3) is 0.375. The van der Waals surface area contributed by atoms with Gasteiger partial charge in [0.2, 0.25) is 0 Å². The predicted octanol–water partition coefficient (Wildman–Crippen LogP) is 2.83. The monoisotopic (exact) mass is 299 g/mol. The Labute approximate surface area is 130 Å². The minimum atomic E-state index is -0.0723. The number of rotatable bonds is 4. The number of amides is 2. The van der Waals surface area contributed by atoms with E-state index in [1.165, 1.54) is 0 Å². The molecule has 0 aromatic carbocycles. The van der Waals surface area contributed by atoms with Crippen LogP contribution >= 0.6 is 0 Å². The van der Waals surface area contributed by atoms with Gasteiger partial charge in [-0.2, -0.15) is 0 Å². The van der Waals surface area contributed by atoms with Crippen LogP contribution in [0, 0.1) is 0 Å². The first kappa shape index (κ1) is 15.9. The summed E-state index contributed by atoms with van der Waals surface area (Å²) >= 11 is 0. The lowest BCUT2D eigenvalue weighted by atomic mass is 10.2. The van der Waals surface area contributed by atoms with Crippen LogP contribution in [-0.2, 0) is 0 Å². The van der Waals surface area contributed by atoms with Crippen LogP contribution in [0.1, 0.15) is 20.8 Å². The maximum atomic E-state index is 12.5. The minimum Gasteiger partial charge on any atom is -0.328 e. The number of pyridine rings is 1. The molecule has 0 N–H and O–H groups in total. The average Bonchev–Trinajstić information content (AvgIpc) is 2.55. The molecule has 2 aromatic rings. The summed E-state index contributed by atoms with van der Waals surface area (Å²) in [5.74, 6) is 1.18. The number of aromatic nitrogens is 3. The first-order valence-corrected chi connectivity index (χ1v) is 7.32. The summed E-state index contributed by atoms with van der Waals surface area (Å²) in [5.41, 5.74) is 0.872. The molecule has 2 amide bonds. The van der Waals surface area contributed by atoms with Crippen LogP contribution in [0.2, 0.25) is 0 Å². The van der Waals surface area contributed by atoms with Gasteiger partial charge in [-0.05, 0) is 39.0 Å². The van der Waals surface area contributed by atoms with Crippen molar-refractivity contribution in [2.45, 2.75) is 26.8 Å². The summed E-state index contributed by atoms with van der Waals surface area (Å²) in [6.45, 7) is 6.52. The van der Waals surface area contributed by atoms with E-state index < -0.39 is 0 Å². The molecule has 2 heterocycles. The Morgan fingerprint density at radius 2 is 1.86 bits per heavy atom. The van der Waals surface area contributed by atoms with Gasteiger partial charge in [0.25, 0.3) is 0 Å². The highest BCUT2D eigenvalue weighted by molar-refractivity contribution is 5.91. The zero-order valence-electron chi connectivity index (χ0n) is 13.4. The molecule has 116 valence electrons. The van der Waals surface area contributed by atoms with Crippen molar-refractivity contribution in [3.63, 3.8) is 0 Å². The largest absolute Gasteiger partial charge is 0.328 e. The van der Waals surface area contributed by atoms with Crippen LogP contribution in [0.25, 0.3) is 11.4 Å². The number of nitrogens with zero attached hydrogens (tertiary/aromatic N) is 5. The van der Waals surface area contributed by atoms with Crippen LogP contribution in [-0.4, -0.2) is 45.5 Å². The second-order valence-corrected chi connectivity index (χ2v) is 5.23. The highest BCUT2D eigenvalue weighted by Gasteiger charge is 2.23. The minimum absolute atomic E-state index is 0.00156. The lowest BCUT2D eigenvalue weighted by Crippen LogP contribution is -2.45. The zero-order valence-corrected chi connectivity index (χ0v) is 13.4. The summed E-state index contributed by atoms with van der Waals surface area (Å²) in [4.78, 5) is 28.7. The van der Waals surface area contributed by atoms with E-state index in [0.29, 0.717) is 18.2 Å². The van der Waals surface area contributed by atoms with Crippen molar-refractivity contribution in [2.75, 3.05) is 18.5 Å². The van der Waals surface area contributed by atoms with Crippen molar-refractivity contribution >= 4 is 11.8 Å². The smallest absolute Gasteiger partial charge is 0.325 e. The molecule has 0 saturated carbocycles. The summed E-state index contributed by atoms with van der Waals surface area (Å²) < 4.78 is 0. The number of urea groups is 1. The van der Waals surface area contributed by atoms with Crippen LogP contribution in [0.5, 0.6) is 0 Å². The summed E-state index contributed by atoms with van der Waals surface area (Å²) in [6.07, 6.45) is 5.07. The second-order valence-electron chi connectivity index (χ2n) is 5.23. The Morgan fingerprint density at radius 3 is 2.45 bits per heavy atom. The molecule has 0 saturated heterocycles. The van der Waals surface area contributed by atoms with Gasteiger partial charge in [0.1, 0.15) is 5.82 Å². The Kier molecular flexibility index (Phi) is 5.04. The number of hydrogen-bond donors (Lipinski definition) is 0. The van der Waals surface area contributed by atoms with Crippen LogP contribution in [0.3, 0.4) is 0 Å². The Hall–Kier alpha value is -2.50. The van der Waals surface area contributed by atoms with E-state index in [2.05, 4.69) is 15.0 Å². The standard InChI is InChI=1S/C16H21N5O/c1-5-20(4)16(22)21(12(2)3)14-8-11-18-15(19-14)13-6-9-17-10-7-13/h6-12H,5H2,1-4H3. The maximum Gasteiger partial charge on any atom is 0.325 e. The molecule has 0 aliphatic rings. The second kappa shape index (κ2) is 6.98. The molecule has 0 atom stereocenters. The summed E-state index contributed by atoms with van der Waals surface area (Å²) in [6, 6.07) is 5.38. The van der Waals surface area contributed by atoms with E-state index in [-0.39, 0.29) is 12.1 Å². The van der Waals surface area contributed by atoms with Crippen LogP contribution in [0.4, 0.5) is 10.6 Å². The van der Waals surface area contributed by atoms with Gasteiger partial charge in [-0.25, -0.2) is 14.8 Å². The normalized spacial score (nSPS) is 10.6. The van der Waals surface area contributed by atoms with Gasteiger partial charge in [-0.1, -0.05) is 0 Å². The summed E-state index contributed by atoms with van der Waals surface area (Å²) in [5, 5.41) is 0. The fourth-order valence-corrected chi connectivity index (χ4v) is 2.03. The first-order valence-electron chi connectivity index (χ1n) is 7.32. The molecule has 0 spiro atoms. The third-order valence-corrected chi connectivity index (χ3v) is 3.35. The molecule has 0 bridgehead atoms. The number of hydrogen-bond acceptors (Lipinski definition) is 4. The fourth-order valence-electron chi connectivity index (χ4n) is 2.03. The number of carbonyl (C=O) groups excluding carboxylic acids is 1. The highest BCUT2D eigenvalue weighted by Crippen LogP contribution is 2.20. The highest BCUT2D eigenvalue weighted by atomic mass is 16.2. The maximum absolute atomic E-state index is 12.5. The molecular formula is C16H21N5O. The molecule has 0 aliphatic heterocycles. The van der Waals surface area contributed by atoms with Gasteiger partial charge in [0, 0.05) is 43.8 Å². The molecule has 2 rings (SSSR count). The Balaban J connectivity index is 2.39. The summed E-state index contributed by atoms with van der Waals surface area (Å²) in [7, 11) is 1.78. The van der Waals surface area contributed by atoms with E-state index in [4.69, 9.17) is 0 Å². The van der Waals surface area contributed by atoms with Gasteiger partial charge in [-0.15, -0.1) is 0 Å². The van der Waals surface area contributed by atoms with Gasteiger partial charge < -0.3 is 4.90 Å². The molecule has 0 radical (unpaired) electrons. The van der Waals surface area contributed by atoms with Crippen molar-refractivity contribution in [2.24, 2.45) is 0 Å². The van der Waals surface area contributed by atoms with Gasteiger partial charge in [0.15, 0.2) is 5.82 Å². The molecule has 6 nitrogen and oxygen atoms in total. The van der Waals surface area contributed by atoms with Gasteiger partial charge in [-0.3, -0.25) is 9.88 Å².